The second-order valence-electron chi connectivity index (χ2n) is 4.83. The second kappa shape index (κ2) is 5.15. The zero-order valence-corrected chi connectivity index (χ0v) is 9.31. The summed E-state index contributed by atoms with van der Waals surface area (Å²) in [6, 6.07) is 0. The Balaban J connectivity index is 2.54. The molecule has 1 fully saturated rings. The van der Waals surface area contributed by atoms with Crippen molar-refractivity contribution in [2.45, 2.75) is 46.1 Å². The number of hydrogen-bond donors (Lipinski definition) is 2. The van der Waals surface area contributed by atoms with Gasteiger partial charge in [-0.05, 0) is 30.6 Å². The molecular weight excluding hydrogens is 179 g/mol. The van der Waals surface area contributed by atoms with Crippen LogP contribution in [0.3, 0.4) is 0 Å². The second-order valence-corrected chi connectivity index (χ2v) is 4.83. The minimum Gasteiger partial charge on any atom is -0.402 e. The van der Waals surface area contributed by atoms with Gasteiger partial charge in [0.05, 0.1) is 0 Å². The van der Waals surface area contributed by atoms with E-state index in [0.29, 0.717) is 17.8 Å². The molecule has 4 heteroatoms. The summed E-state index contributed by atoms with van der Waals surface area (Å²) in [4.78, 5) is 0. The maximum absolute atomic E-state index is 8.82. The SMILES string of the molecule is CC(C)[C@H]1CC[C@@H](C)C[C@H]1OB(O)O. The third-order valence-corrected chi connectivity index (χ3v) is 3.26. The average Bonchev–Trinajstić information content (AvgIpc) is 2.01. The van der Waals surface area contributed by atoms with Gasteiger partial charge in [-0.3, -0.25) is 0 Å². The first kappa shape index (κ1) is 12.0. The quantitative estimate of drug-likeness (QED) is 0.677. The normalized spacial score (nSPS) is 33.4. The van der Waals surface area contributed by atoms with Crippen LogP contribution in [0.4, 0.5) is 0 Å². The van der Waals surface area contributed by atoms with Crippen LogP contribution in [-0.4, -0.2) is 23.5 Å². The van der Waals surface area contributed by atoms with Gasteiger partial charge in [-0.15, -0.1) is 0 Å². The van der Waals surface area contributed by atoms with E-state index >= 15 is 0 Å². The molecule has 0 amide bonds. The van der Waals surface area contributed by atoms with Gasteiger partial charge in [0.25, 0.3) is 0 Å². The van der Waals surface area contributed by atoms with Crippen LogP contribution in [0.25, 0.3) is 0 Å². The molecular formula is C10H21BO3. The Kier molecular flexibility index (Phi) is 4.42. The van der Waals surface area contributed by atoms with Gasteiger partial charge in [-0.2, -0.15) is 0 Å². The molecule has 1 aliphatic rings. The predicted octanol–water partition coefficient (Wildman–Crippen LogP) is 1.43. The molecule has 0 aliphatic heterocycles. The van der Waals surface area contributed by atoms with Crippen molar-refractivity contribution < 1.29 is 14.7 Å². The lowest BCUT2D eigenvalue weighted by Gasteiger charge is -2.37. The smallest absolute Gasteiger partial charge is 0.402 e. The van der Waals surface area contributed by atoms with Crippen LogP contribution in [-0.2, 0) is 4.65 Å². The first-order valence-corrected chi connectivity index (χ1v) is 5.52. The lowest BCUT2D eigenvalue weighted by molar-refractivity contribution is 0.0121. The van der Waals surface area contributed by atoms with E-state index in [1.807, 2.05) is 0 Å². The molecule has 0 aromatic rings. The fraction of sp³-hybridized carbons (Fsp3) is 1.00. The minimum atomic E-state index is -1.62. The van der Waals surface area contributed by atoms with Gasteiger partial charge in [-0.25, -0.2) is 0 Å². The van der Waals surface area contributed by atoms with Crippen molar-refractivity contribution in [2.75, 3.05) is 0 Å². The molecule has 1 aliphatic carbocycles. The van der Waals surface area contributed by atoms with Crippen LogP contribution in [0.5, 0.6) is 0 Å². The van der Waals surface area contributed by atoms with Crippen molar-refractivity contribution in [1.29, 1.82) is 0 Å². The van der Waals surface area contributed by atoms with Gasteiger partial charge in [0, 0.05) is 6.10 Å². The zero-order chi connectivity index (χ0) is 10.7. The Morgan fingerprint density at radius 2 is 1.93 bits per heavy atom. The van der Waals surface area contributed by atoms with E-state index in [0.717, 1.165) is 12.8 Å². The van der Waals surface area contributed by atoms with E-state index in [2.05, 4.69) is 20.8 Å². The van der Waals surface area contributed by atoms with E-state index in [9.17, 15) is 0 Å². The van der Waals surface area contributed by atoms with Crippen molar-refractivity contribution in [1.82, 2.24) is 0 Å². The van der Waals surface area contributed by atoms with Crippen LogP contribution in [0.2, 0.25) is 0 Å². The Hall–Kier alpha value is -0.0551. The van der Waals surface area contributed by atoms with Crippen LogP contribution < -0.4 is 0 Å². The fourth-order valence-electron chi connectivity index (χ4n) is 2.43. The van der Waals surface area contributed by atoms with Crippen molar-refractivity contribution in [3.8, 4) is 0 Å². The van der Waals surface area contributed by atoms with Crippen LogP contribution in [0.1, 0.15) is 40.0 Å². The third kappa shape index (κ3) is 3.26. The molecule has 0 spiro atoms. The van der Waals surface area contributed by atoms with Crippen molar-refractivity contribution in [3.05, 3.63) is 0 Å². The molecule has 2 N–H and O–H groups in total. The summed E-state index contributed by atoms with van der Waals surface area (Å²) in [7, 11) is -1.62. The van der Waals surface area contributed by atoms with Gasteiger partial charge in [0.15, 0.2) is 0 Å². The molecule has 14 heavy (non-hydrogen) atoms. The zero-order valence-electron chi connectivity index (χ0n) is 9.31. The molecule has 0 radical (unpaired) electrons. The Bertz CT molecular complexity index is 171. The van der Waals surface area contributed by atoms with Gasteiger partial charge in [-0.1, -0.05) is 27.2 Å². The van der Waals surface area contributed by atoms with Crippen LogP contribution in [0, 0.1) is 17.8 Å². The van der Waals surface area contributed by atoms with Crippen LogP contribution >= 0.6 is 0 Å². The first-order chi connectivity index (χ1) is 6.50. The summed E-state index contributed by atoms with van der Waals surface area (Å²) >= 11 is 0. The molecule has 3 atom stereocenters. The molecule has 82 valence electrons. The highest BCUT2D eigenvalue weighted by atomic mass is 16.6. The highest BCUT2D eigenvalue weighted by molar-refractivity contribution is 6.32. The molecule has 0 heterocycles. The third-order valence-electron chi connectivity index (χ3n) is 3.26. The van der Waals surface area contributed by atoms with E-state index in [-0.39, 0.29) is 6.10 Å². The highest BCUT2D eigenvalue weighted by Crippen LogP contribution is 2.35. The molecule has 0 bridgehead atoms. The molecule has 1 rings (SSSR count). The Morgan fingerprint density at radius 3 is 2.43 bits per heavy atom. The van der Waals surface area contributed by atoms with Gasteiger partial charge >= 0.3 is 7.32 Å². The first-order valence-electron chi connectivity index (χ1n) is 5.52. The molecule has 1 saturated carbocycles. The Morgan fingerprint density at radius 1 is 1.29 bits per heavy atom. The van der Waals surface area contributed by atoms with Crippen LogP contribution in [0.15, 0.2) is 0 Å². The monoisotopic (exact) mass is 200 g/mol. The summed E-state index contributed by atoms with van der Waals surface area (Å²) in [5.74, 6) is 1.65. The summed E-state index contributed by atoms with van der Waals surface area (Å²) in [5, 5.41) is 17.6. The highest BCUT2D eigenvalue weighted by Gasteiger charge is 2.33. The van der Waals surface area contributed by atoms with E-state index in [4.69, 9.17) is 14.7 Å². The summed E-state index contributed by atoms with van der Waals surface area (Å²) in [6.07, 6.45) is 3.32. The average molecular weight is 200 g/mol. The molecule has 0 saturated heterocycles. The van der Waals surface area contributed by atoms with Crippen molar-refractivity contribution in [2.24, 2.45) is 17.8 Å². The maximum atomic E-state index is 8.82. The lowest BCUT2D eigenvalue weighted by Crippen LogP contribution is -2.38. The Labute approximate surface area is 86.6 Å². The summed E-state index contributed by atoms with van der Waals surface area (Å²) in [5.41, 5.74) is 0. The summed E-state index contributed by atoms with van der Waals surface area (Å²) in [6.45, 7) is 6.53. The topological polar surface area (TPSA) is 49.7 Å². The molecule has 3 nitrogen and oxygen atoms in total. The predicted molar refractivity (Wildman–Crippen MR) is 56.4 cm³/mol. The van der Waals surface area contributed by atoms with Crippen molar-refractivity contribution in [3.63, 3.8) is 0 Å². The summed E-state index contributed by atoms with van der Waals surface area (Å²) < 4.78 is 5.15. The molecule has 0 unspecified atom stereocenters. The standard InChI is InChI=1S/C10H21BO3/c1-7(2)9-5-4-8(3)6-10(9)14-11(12)13/h7-10,12-13H,4-6H2,1-3H3/t8-,9-,10-/m1/s1. The molecule has 0 aromatic carbocycles. The van der Waals surface area contributed by atoms with E-state index in [1.165, 1.54) is 6.42 Å². The number of hydrogen-bond acceptors (Lipinski definition) is 3. The largest absolute Gasteiger partial charge is 0.634 e. The fourth-order valence-corrected chi connectivity index (χ4v) is 2.43. The van der Waals surface area contributed by atoms with Crippen molar-refractivity contribution >= 4 is 7.32 Å². The molecule has 0 aromatic heterocycles. The van der Waals surface area contributed by atoms with Gasteiger partial charge < -0.3 is 14.7 Å². The van der Waals surface area contributed by atoms with E-state index in [1.54, 1.807) is 0 Å². The van der Waals surface area contributed by atoms with Gasteiger partial charge in [0.1, 0.15) is 0 Å². The lowest BCUT2D eigenvalue weighted by atomic mass is 9.75. The maximum Gasteiger partial charge on any atom is 0.634 e. The van der Waals surface area contributed by atoms with Gasteiger partial charge in [0.2, 0.25) is 0 Å². The van der Waals surface area contributed by atoms with E-state index < -0.39 is 7.32 Å². The number of rotatable bonds is 3. The minimum absolute atomic E-state index is 0.0127.